The maximum atomic E-state index is 11.7. The molecule has 8 nitrogen and oxygen atoms in total. The third-order valence-electron chi connectivity index (χ3n) is 3.21. The number of aromatic amines is 1. The number of aryl methyl sites for hydroxylation is 1. The summed E-state index contributed by atoms with van der Waals surface area (Å²) in [6.45, 7) is 1.70. The summed E-state index contributed by atoms with van der Waals surface area (Å²) in [4.78, 5) is 18.3. The van der Waals surface area contributed by atoms with Crippen LogP contribution in [-0.4, -0.2) is 45.5 Å². The number of fused-ring (bicyclic) bond motifs is 1. The molecule has 22 heavy (non-hydrogen) atoms. The zero-order chi connectivity index (χ0) is 16.1. The summed E-state index contributed by atoms with van der Waals surface area (Å²) in [6, 6.07) is 3.17. The number of benzene rings is 1. The topological polar surface area (TPSA) is 118 Å². The number of carbonyl (C=O) groups is 1. The zero-order valence-electron chi connectivity index (χ0n) is 11.7. The molecule has 0 amide bonds. The first kappa shape index (κ1) is 14.3. The number of sulfone groups is 1. The van der Waals surface area contributed by atoms with E-state index in [0.29, 0.717) is 22.5 Å². The summed E-state index contributed by atoms with van der Waals surface area (Å²) < 4.78 is 24.8. The first-order valence-corrected chi connectivity index (χ1v) is 8.13. The summed E-state index contributed by atoms with van der Waals surface area (Å²) in [5.41, 5.74) is 1.76. The maximum Gasteiger partial charge on any atom is 0.338 e. The van der Waals surface area contributed by atoms with Gasteiger partial charge in [0.15, 0.2) is 9.84 Å². The van der Waals surface area contributed by atoms with Crippen LogP contribution in [0.3, 0.4) is 0 Å². The molecule has 9 heteroatoms. The average molecular weight is 320 g/mol. The highest BCUT2D eigenvalue weighted by molar-refractivity contribution is 7.90. The van der Waals surface area contributed by atoms with Crippen molar-refractivity contribution in [1.82, 2.24) is 19.7 Å². The Morgan fingerprint density at radius 2 is 2.09 bits per heavy atom. The molecular formula is C13H12N4O4S. The zero-order valence-corrected chi connectivity index (χ0v) is 12.5. The van der Waals surface area contributed by atoms with E-state index < -0.39 is 15.8 Å². The van der Waals surface area contributed by atoms with Gasteiger partial charge in [0.1, 0.15) is 0 Å². The van der Waals surface area contributed by atoms with Crippen molar-refractivity contribution in [2.75, 3.05) is 6.26 Å². The van der Waals surface area contributed by atoms with Gasteiger partial charge >= 0.3 is 5.97 Å². The Balaban J connectivity index is 2.15. The van der Waals surface area contributed by atoms with Crippen LogP contribution < -0.4 is 0 Å². The summed E-state index contributed by atoms with van der Waals surface area (Å²) >= 11 is 0. The molecule has 0 fully saturated rings. The van der Waals surface area contributed by atoms with Crippen molar-refractivity contribution in [3.63, 3.8) is 0 Å². The van der Waals surface area contributed by atoms with Crippen molar-refractivity contribution in [3.8, 4) is 5.95 Å². The molecule has 2 aromatic heterocycles. The van der Waals surface area contributed by atoms with E-state index in [2.05, 4.69) is 15.1 Å². The Morgan fingerprint density at radius 1 is 1.36 bits per heavy atom. The number of imidazole rings is 1. The van der Waals surface area contributed by atoms with Gasteiger partial charge in [-0.25, -0.2) is 22.9 Å². The fourth-order valence-electron chi connectivity index (χ4n) is 2.19. The molecule has 114 valence electrons. The minimum absolute atomic E-state index is 0.0356. The monoisotopic (exact) mass is 320 g/mol. The molecule has 3 aromatic rings. The van der Waals surface area contributed by atoms with E-state index in [1.807, 2.05) is 0 Å². The highest BCUT2D eigenvalue weighted by Crippen LogP contribution is 2.22. The first-order valence-electron chi connectivity index (χ1n) is 6.24. The lowest BCUT2D eigenvalue weighted by atomic mass is 10.2. The molecule has 2 heterocycles. The number of aromatic carboxylic acids is 1. The van der Waals surface area contributed by atoms with Gasteiger partial charge in [-0.3, -0.25) is 0 Å². The molecule has 0 aliphatic carbocycles. The van der Waals surface area contributed by atoms with Crippen LogP contribution in [0.25, 0.3) is 17.0 Å². The lowest BCUT2D eigenvalue weighted by molar-refractivity contribution is 0.0697. The minimum atomic E-state index is -3.34. The summed E-state index contributed by atoms with van der Waals surface area (Å²) in [5, 5.41) is 12.8. The van der Waals surface area contributed by atoms with Crippen LogP contribution in [0.15, 0.2) is 29.4 Å². The highest BCUT2D eigenvalue weighted by atomic mass is 32.2. The molecule has 1 aromatic carbocycles. The lowest BCUT2D eigenvalue weighted by Gasteiger charge is -2.02. The summed E-state index contributed by atoms with van der Waals surface area (Å²) in [7, 11) is -3.34. The quantitative estimate of drug-likeness (QED) is 0.747. The predicted molar refractivity (Wildman–Crippen MR) is 78.0 cm³/mol. The second-order valence-electron chi connectivity index (χ2n) is 4.95. The molecule has 0 radical (unpaired) electrons. The van der Waals surface area contributed by atoms with E-state index in [-0.39, 0.29) is 10.5 Å². The molecule has 3 rings (SSSR count). The number of H-pyrrole nitrogens is 1. The van der Waals surface area contributed by atoms with Crippen LogP contribution >= 0.6 is 0 Å². The largest absolute Gasteiger partial charge is 0.478 e. The molecule has 0 unspecified atom stereocenters. The normalized spacial score (nSPS) is 11.9. The number of carboxylic acid groups (broad SMARTS) is 1. The third kappa shape index (κ3) is 2.35. The second-order valence-corrected chi connectivity index (χ2v) is 6.93. The number of nitrogens with zero attached hydrogens (tertiary/aromatic N) is 3. The molecule has 0 aliphatic heterocycles. The number of rotatable bonds is 3. The molecule has 0 spiro atoms. The van der Waals surface area contributed by atoms with Gasteiger partial charge in [-0.2, -0.15) is 5.10 Å². The number of carboxylic acids is 1. The van der Waals surface area contributed by atoms with Gasteiger partial charge in [0, 0.05) is 12.5 Å². The molecule has 0 saturated heterocycles. The summed E-state index contributed by atoms with van der Waals surface area (Å²) in [5.74, 6) is -0.773. The molecule has 0 bridgehead atoms. The Labute approximate surface area is 125 Å². The van der Waals surface area contributed by atoms with Crippen LogP contribution in [0.2, 0.25) is 0 Å². The van der Waals surface area contributed by atoms with Crippen molar-refractivity contribution in [2.45, 2.75) is 11.8 Å². The van der Waals surface area contributed by atoms with E-state index in [0.717, 1.165) is 6.26 Å². The van der Waals surface area contributed by atoms with E-state index >= 15 is 0 Å². The van der Waals surface area contributed by atoms with Gasteiger partial charge < -0.3 is 10.1 Å². The molecule has 2 N–H and O–H groups in total. The van der Waals surface area contributed by atoms with Crippen molar-refractivity contribution >= 4 is 26.8 Å². The maximum absolute atomic E-state index is 11.7. The fourth-order valence-corrected chi connectivity index (χ4v) is 3.16. The number of aromatic nitrogens is 4. The van der Waals surface area contributed by atoms with Crippen LogP contribution in [0, 0.1) is 6.92 Å². The van der Waals surface area contributed by atoms with Crippen molar-refractivity contribution in [2.24, 2.45) is 0 Å². The van der Waals surface area contributed by atoms with Gasteiger partial charge in [-0.05, 0) is 24.6 Å². The van der Waals surface area contributed by atoms with E-state index in [9.17, 15) is 13.2 Å². The van der Waals surface area contributed by atoms with Crippen molar-refractivity contribution in [1.29, 1.82) is 0 Å². The molecule has 0 saturated carbocycles. The molecule has 0 atom stereocenters. The number of hydrogen-bond donors (Lipinski definition) is 2. The van der Waals surface area contributed by atoms with Crippen LogP contribution in [-0.2, 0) is 9.84 Å². The van der Waals surface area contributed by atoms with Crippen LogP contribution in [0.1, 0.15) is 15.9 Å². The molecular weight excluding hydrogens is 308 g/mol. The highest BCUT2D eigenvalue weighted by Gasteiger charge is 2.15. The van der Waals surface area contributed by atoms with Crippen LogP contribution in [0.4, 0.5) is 0 Å². The lowest BCUT2D eigenvalue weighted by Crippen LogP contribution is -1.99. The van der Waals surface area contributed by atoms with Gasteiger partial charge in [-0.1, -0.05) is 0 Å². The standard InChI is InChI=1S/C13H12N4O4S/c1-7-3-9-10(4-11(7)22(2,20)21)16-13(15-9)17-6-8(5-14-17)12(18)19/h3-6H,1-2H3,(H,15,16)(H,18,19). The smallest absolute Gasteiger partial charge is 0.338 e. The summed E-state index contributed by atoms with van der Waals surface area (Å²) in [6.07, 6.45) is 3.68. The Kier molecular flexibility index (Phi) is 3.03. The van der Waals surface area contributed by atoms with E-state index in [1.165, 1.54) is 23.1 Å². The third-order valence-corrected chi connectivity index (χ3v) is 4.45. The first-order chi connectivity index (χ1) is 10.3. The average Bonchev–Trinajstić information content (AvgIpc) is 3.01. The Morgan fingerprint density at radius 3 is 2.68 bits per heavy atom. The van der Waals surface area contributed by atoms with Gasteiger partial charge in [0.05, 0.1) is 27.7 Å². The van der Waals surface area contributed by atoms with Gasteiger partial charge in [-0.15, -0.1) is 0 Å². The second kappa shape index (κ2) is 4.67. The number of hydrogen-bond acceptors (Lipinski definition) is 5. The van der Waals surface area contributed by atoms with Gasteiger partial charge in [0.25, 0.3) is 0 Å². The minimum Gasteiger partial charge on any atom is -0.478 e. The Bertz CT molecular complexity index is 1000. The number of nitrogens with one attached hydrogen (secondary N) is 1. The molecule has 0 aliphatic rings. The Hall–Kier alpha value is -2.68. The van der Waals surface area contributed by atoms with Gasteiger partial charge in [0.2, 0.25) is 5.95 Å². The van der Waals surface area contributed by atoms with E-state index in [1.54, 1.807) is 13.0 Å². The van der Waals surface area contributed by atoms with E-state index in [4.69, 9.17) is 5.11 Å². The van der Waals surface area contributed by atoms with Crippen molar-refractivity contribution in [3.05, 3.63) is 35.7 Å². The van der Waals surface area contributed by atoms with Crippen LogP contribution in [0.5, 0.6) is 0 Å². The predicted octanol–water partition coefficient (Wildman–Crippen LogP) is 1.16. The SMILES string of the molecule is Cc1cc2[nH]c(-n3cc(C(=O)O)cn3)nc2cc1S(C)(=O)=O. The van der Waals surface area contributed by atoms with Crippen molar-refractivity contribution < 1.29 is 18.3 Å². The fraction of sp³-hybridized carbons (Fsp3) is 0.154.